The Morgan fingerprint density at radius 2 is 0.900 bits per heavy atom. The number of nitrogens with two attached hydrogens (primary N) is 2. The molecule has 0 unspecified atom stereocenters. The Hall–Kier alpha value is -2.88. The van der Waals surface area contributed by atoms with Gasteiger partial charge in [0.25, 0.3) is 0 Å². The van der Waals surface area contributed by atoms with Gasteiger partial charge in [0, 0.05) is 11.1 Å². The number of hydrogen-bond donors (Lipinski definition) is 4. The third-order valence-corrected chi connectivity index (χ3v) is 2.91. The maximum Gasteiger partial charge on any atom is 0.124 e. The van der Waals surface area contributed by atoms with E-state index in [2.05, 4.69) is 0 Å². The van der Waals surface area contributed by atoms with Crippen LogP contribution in [0.25, 0.3) is 11.1 Å². The molecule has 0 atom stereocenters. The quantitative estimate of drug-likeness (QED) is 0.387. The van der Waals surface area contributed by atoms with Crippen LogP contribution in [0.4, 0.5) is 0 Å². The van der Waals surface area contributed by atoms with Crippen LogP contribution in [0.2, 0.25) is 0 Å². The normalized spacial score (nSPS) is 11.6. The molecule has 100 valence electrons. The fraction of sp³-hybridized carbons (Fsp3) is 0. The Balaban J connectivity index is 2.74. The molecule has 4 heteroatoms. The van der Waals surface area contributed by atoms with Crippen molar-refractivity contribution in [3.05, 3.63) is 71.8 Å². The molecule has 0 radical (unpaired) electrons. The van der Waals surface area contributed by atoms with Gasteiger partial charge in [-0.1, -0.05) is 60.7 Å². The fourth-order valence-electron chi connectivity index (χ4n) is 2.08. The van der Waals surface area contributed by atoms with E-state index in [-0.39, 0.29) is 11.7 Å². The fourth-order valence-corrected chi connectivity index (χ4v) is 2.08. The Kier molecular flexibility index (Phi) is 3.96. The summed E-state index contributed by atoms with van der Waals surface area (Å²) in [5.41, 5.74) is 13.9. The van der Waals surface area contributed by atoms with Gasteiger partial charge in [-0.05, 0) is 11.1 Å². The summed E-state index contributed by atoms with van der Waals surface area (Å²) in [6.45, 7) is 0. The molecule has 0 heterocycles. The van der Waals surface area contributed by atoms with E-state index in [4.69, 9.17) is 22.3 Å². The molecule has 20 heavy (non-hydrogen) atoms. The smallest absolute Gasteiger partial charge is 0.124 e. The van der Waals surface area contributed by atoms with Gasteiger partial charge in [0.1, 0.15) is 11.7 Å². The summed E-state index contributed by atoms with van der Waals surface area (Å²) in [4.78, 5) is 0. The Bertz CT molecular complexity index is 598. The molecular weight excluding hydrogens is 248 g/mol. The lowest BCUT2D eigenvalue weighted by Crippen LogP contribution is -2.20. The first-order valence-electron chi connectivity index (χ1n) is 6.15. The van der Waals surface area contributed by atoms with E-state index in [1.54, 1.807) is 0 Å². The van der Waals surface area contributed by atoms with E-state index in [9.17, 15) is 0 Å². The highest BCUT2D eigenvalue weighted by Crippen LogP contribution is 2.26. The van der Waals surface area contributed by atoms with E-state index < -0.39 is 0 Å². The molecule has 0 aliphatic rings. The predicted octanol–water partition coefficient (Wildman–Crippen LogP) is 2.47. The lowest BCUT2D eigenvalue weighted by molar-refractivity contribution is 1.44. The predicted molar refractivity (Wildman–Crippen MR) is 83.5 cm³/mol. The summed E-state index contributed by atoms with van der Waals surface area (Å²) in [5.74, 6) is -0.212. The molecule has 0 saturated carbocycles. The molecule has 0 aromatic heterocycles. The van der Waals surface area contributed by atoms with Crippen molar-refractivity contribution in [1.29, 1.82) is 10.8 Å². The summed E-state index contributed by atoms with van der Waals surface area (Å²) in [6, 6.07) is 18.6. The zero-order chi connectivity index (χ0) is 14.5. The molecular formula is C16H16N4. The van der Waals surface area contributed by atoms with E-state index in [0.717, 1.165) is 11.1 Å². The average Bonchev–Trinajstić information content (AvgIpc) is 2.45. The van der Waals surface area contributed by atoms with Crippen molar-refractivity contribution in [2.75, 3.05) is 0 Å². The molecule has 0 bridgehead atoms. The first-order chi connectivity index (χ1) is 9.61. The summed E-state index contributed by atoms with van der Waals surface area (Å²) >= 11 is 0. The van der Waals surface area contributed by atoms with E-state index in [1.807, 2.05) is 60.7 Å². The Morgan fingerprint density at radius 3 is 1.15 bits per heavy atom. The van der Waals surface area contributed by atoms with Crippen LogP contribution in [0.1, 0.15) is 11.1 Å². The maximum absolute atomic E-state index is 7.83. The summed E-state index contributed by atoms with van der Waals surface area (Å²) < 4.78 is 0. The molecule has 0 spiro atoms. The van der Waals surface area contributed by atoms with E-state index >= 15 is 0 Å². The molecule has 2 aromatic rings. The van der Waals surface area contributed by atoms with Crippen LogP contribution in [0, 0.1) is 10.8 Å². The molecule has 0 aliphatic carbocycles. The van der Waals surface area contributed by atoms with Crippen LogP contribution >= 0.6 is 0 Å². The lowest BCUT2D eigenvalue weighted by Gasteiger charge is -2.14. The minimum absolute atomic E-state index is 0.106. The number of nitrogens with one attached hydrogen (secondary N) is 2. The Morgan fingerprint density at radius 1 is 0.600 bits per heavy atom. The molecule has 0 fully saturated rings. The first-order valence-corrected chi connectivity index (χ1v) is 6.15. The van der Waals surface area contributed by atoms with Crippen LogP contribution in [0.5, 0.6) is 0 Å². The summed E-state index contributed by atoms with van der Waals surface area (Å²) in [7, 11) is 0. The van der Waals surface area contributed by atoms with Crippen molar-refractivity contribution in [2.24, 2.45) is 11.5 Å². The third kappa shape index (κ3) is 2.75. The number of hydrogen-bond acceptors (Lipinski definition) is 2. The minimum Gasteiger partial charge on any atom is -0.384 e. The van der Waals surface area contributed by atoms with Crippen LogP contribution < -0.4 is 11.5 Å². The van der Waals surface area contributed by atoms with Crippen molar-refractivity contribution in [3.63, 3.8) is 0 Å². The van der Waals surface area contributed by atoms with Gasteiger partial charge in [-0.2, -0.15) is 0 Å². The van der Waals surface area contributed by atoms with E-state index in [0.29, 0.717) is 11.1 Å². The highest BCUT2D eigenvalue weighted by molar-refractivity contribution is 6.40. The molecule has 4 nitrogen and oxygen atoms in total. The second kappa shape index (κ2) is 5.84. The van der Waals surface area contributed by atoms with Crippen molar-refractivity contribution in [2.45, 2.75) is 0 Å². The van der Waals surface area contributed by atoms with Crippen molar-refractivity contribution < 1.29 is 0 Å². The summed E-state index contributed by atoms with van der Waals surface area (Å²) in [6.07, 6.45) is 0. The second-order valence-electron chi connectivity index (χ2n) is 4.31. The number of rotatable bonds is 4. The van der Waals surface area contributed by atoms with Crippen molar-refractivity contribution in [1.82, 2.24) is 0 Å². The molecule has 2 rings (SSSR count). The monoisotopic (exact) mass is 264 g/mol. The first kappa shape index (κ1) is 13.5. The standard InChI is InChI=1S/C16H16N4/c17-15(18)13(11-7-3-1-4-8-11)14(16(19)20)12-9-5-2-6-10-12/h1-10H,(H3,17,18)(H3,19,20). The maximum atomic E-state index is 7.83. The zero-order valence-electron chi connectivity index (χ0n) is 10.9. The molecule has 0 saturated heterocycles. The van der Waals surface area contributed by atoms with Gasteiger partial charge in [0.15, 0.2) is 0 Å². The number of benzene rings is 2. The molecule has 0 aliphatic heterocycles. The van der Waals surface area contributed by atoms with Crippen molar-refractivity contribution in [3.8, 4) is 0 Å². The van der Waals surface area contributed by atoms with Gasteiger partial charge >= 0.3 is 0 Å². The largest absolute Gasteiger partial charge is 0.384 e. The van der Waals surface area contributed by atoms with Gasteiger partial charge in [0.05, 0.1) is 0 Å². The second-order valence-corrected chi connectivity index (χ2v) is 4.31. The SMILES string of the molecule is N=C(N)C(=C(C(=N)N)c1ccccc1)c1ccccc1. The van der Waals surface area contributed by atoms with Gasteiger partial charge in [-0.25, -0.2) is 0 Å². The average molecular weight is 264 g/mol. The Labute approximate surface area is 117 Å². The van der Waals surface area contributed by atoms with Gasteiger partial charge in [-0.3, -0.25) is 10.8 Å². The van der Waals surface area contributed by atoms with Crippen molar-refractivity contribution >= 4 is 22.8 Å². The highest BCUT2D eigenvalue weighted by Gasteiger charge is 2.16. The zero-order valence-corrected chi connectivity index (χ0v) is 10.9. The van der Waals surface area contributed by atoms with Crippen LogP contribution in [-0.2, 0) is 0 Å². The third-order valence-electron chi connectivity index (χ3n) is 2.91. The van der Waals surface area contributed by atoms with Gasteiger partial charge in [-0.15, -0.1) is 0 Å². The van der Waals surface area contributed by atoms with Crippen LogP contribution in [-0.4, -0.2) is 11.7 Å². The van der Waals surface area contributed by atoms with Gasteiger partial charge in [0.2, 0.25) is 0 Å². The molecule has 0 amide bonds. The van der Waals surface area contributed by atoms with Crippen LogP contribution in [0.3, 0.4) is 0 Å². The van der Waals surface area contributed by atoms with Gasteiger partial charge < -0.3 is 11.5 Å². The summed E-state index contributed by atoms with van der Waals surface area (Å²) in [5, 5.41) is 15.7. The molecule has 6 N–H and O–H groups in total. The highest BCUT2D eigenvalue weighted by atomic mass is 14.7. The number of amidine groups is 2. The minimum atomic E-state index is -0.106. The van der Waals surface area contributed by atoms with E-state index in [1.165, 1.54) is 0 Å². The topological polar surface area (TPSA) is 99.7 Å². The van der Waals surface area contributed by atoms with Crippen LogP contribution in [0.15, 0.2) is 60.7 Å². The lowest BCUT2D eigenvalue weighted by atomic mass is 9.93. The molecule has 2 aromatic carbocycles.